The third kappa shape index (κ3) is 4.99. The van der Waals surface area contributed by atoms with Crippen molar-refractivity contribution in [3.8, 4) is 0 Å². The van der Waals surface area contributed by atoms with Gasteiger partial charge in [0, 0.05) is 13.0 Å². The fourth-order valence-electron chi connectivity index (χ4n) is 1.56. The van der Waals surface area contributed by atoms with Gasteiger partial charge in [0.25, 0.3) is 0 Å². The van der Waals surface area contributed by atoms with E-state index in [2.05, 4.69) is 5.32 Å². The van der Waals surface area contributed by atoms with Crippen molar-refractivity contribution >= 4 is 11.9 Å². The van der Waals surface area contributed by atoms with Crippen molar-refractivity contribution in [2.75, 3.05) is 0 Å². The zero-order valence-corrected chi connectivity index (χ0v) is 11.0. The van der Waals surface area contributed by atoms with Crippen LogP contribution < -0.4 is 5.32 Å². The lowest BCUT2D eigenvalue weighted by atomic mass is 9.92. The van der Waals surface area contributed by atoms with Crippen molar-refractivity contribution in [2.24, 2.45) is 5.41 Å². The molecule has 0 heterocycles. The van der Waals surface area contributed by atoms with Crippen LogP contribution >= 0.6 is 0 Å². The average molecular weight is 249 g/mol. The summed E-state index contributed by atoms with van der Waals surface area (Å²) >= 11 is 0. The number of carbonyl (C=O) groups is 2. The third-order valence-electron chi connectivity index (χ3n) is 2.35. The highest BCUT2D eigenvalue weighted by Gasteiger charge is 2.15. The smallest absolute Gasteiger partial charge is 0.335 e. The van der Waals surface area contributed by atoms with Crippen LogP contribution in [-0.4, -0.2) is 17.0 Å². The second-order valence-electron chi connectivity index (χ2n) is 5.52. The van der Waals surface area contributed by atoms with E-state index < -0.39 is 5.97 Å². The van der Waals surface area contributed by atoms with Crippen LogP contribution in [0.1, 0.15) is 43.1 Å². The Morgan fingerprint density at radius 2 is 1.94 bits per heavy atom. The first-order valence-electron chi connectivity index (χ1n) is 5.87. The van der Waals surface area contributed by atoms with Gasteiger partial charge in [0.15, 0.2) is 0 Å². The molecule has 1 amide bonds. The molecule has 1 aromatic rings. The fraction of sp³-hybridized carbons (Fsp3) is 0.429. The molecule has 4 heteroatoms. The van der Waals surface area contributed by atoms with Crippen LogP contribution in [0, 0.1) is 5.41 Å². The number of nitrogens with one attached hydrogen (secondary N) is 1. The maximum absolute atomic E-state index is 11.6. The molecule has 0 aliphatic heterocycles. The van der Waals surface area contributed by atoms with E-state index in [-0.39, 0.29) is 16.9 Å². The lowest BCUT2D eigenvalue weighted by Crippen LogP contribution is -2.27. The monoisotopic (exact) mass is 249 g/mol. The van der Waals surface area contributed by atoms with Gasteiger partial charge in [-0.15, -0.1) is 0 Å². The van der Waals surface area contributed by atoms with Gasteiger partial charge in [-0.2, -0.15) is 0 Å². The molecule has 1 aromatic carbocycles. The maximum Gasteiger partial charge on any atom is 0.335 e. The molecule has 0 radical (unpaired) electrons. The van der Waals surface area contributed by atoms with Crippen molar-refractivity contribution in [2.45, 2.75) is 33.7 Å². The van der Waals surface area contributed by atoms with Gasteiger partial charge in [-0.05, 0) is 23.1 Å². The number of carboxylic acids is 1. The molecule has 0 atom stereocenters. The zero-order chi connectivity index (χ0) is 13.8. The highest BCUT2D eigenvalue weighted by atomic mass is 16.4. The second-order valence-corrected chi connectivity index (χ2v) is 5.52. The first kappa shape index (κ1) is 14.2. The summed E-state index contributed by atoms with van der Waals surface area (Å²) in [5.41, 5.74) is 0.974. The van der Waals surface area contributed by atoms with Crippen molar-refractivity contribution in [1.82, 2.24) is 5.32 Å². The predicted molar refractivity (Wildman–Crippen MR) is 69.3 cm³/mol. The third-order valence-corrected chi connectivity index (χ3v) is 2.35. The number of aromatic carboxylic acids is 1. The molecule has 0 aliphatic carbocycles. The zero-order valence-electron chi connectivity index (χ0n) is 11.0. The van der Waals surface area contributed by atoms with E-state index in [0.717, 1.165) is 5.56 Å². The summed E-state index contributed by atoms with van der Waals surface area (Å²) in [7, 11) is 0. The minimum absolute atomic E-state index is 0.0248. The van der Waals surface area contributed by atoms with Gasteiger partial charge in [-0.1, -0.05) is 32.9 Å². The number of hydrogen-bond donors (Lipinski definition) is 2. The summed E-state index contributed by atoms with van der Waals surface area (Å²) in [6, 6.07) is 6.57. The highest BCUT2D eigenvalue weighted by Crippen LogP contribution is 2.17. The summed E-state index contributed by atoms with van der Waals surface area (Å²) in [5, 5.41) is 11.6. The molecule has 0 spiro atoms. The second kappa shape index (κ2) is 5.67. The Bertz CT molecular complexity index is 447. The van der Waals surface area contributed by atoms with Crippen molar-refractivity contribution in [1.29, 1.82) is 0 Å². The van der Waals surface area contributed by atoms with Crippen molar-refractivity contribution in [3.63, 3.8) is 0 Å². The Morgan fingerprint density at radius 3 is 2.50 bits per heavy atom. The first-order chi connectivity index (χ1) is 8.28. The van der Waals surface area contributed by atoms with Gasteiger partial charge in [0.2, 0.25) is 5.91 Å². The topological polar surface area (TPSA) is 66.4 Å². The largest absolute Gasteiger partial charge is 0.478 e. The van der Waals surface area contributed by atoms with E-state index in [0.29, 0.717) is 13.0 Å². The molecule has 0 bridgehead atoms. The molecule has 1 rings (SSSR count). The van der Waals surface area contributed by atoms with Crippen LogP contribution in [0.15, 0.2) is 24.3 Å². The Hall–Kier alpha value is -1.84. The molecule has 18 heavy (non-hydrogen) atoms. The van der Waals surface area contributed by atoms with Gasteiger partial charge >= 0.3 is 5.97 Å². The van der Waals surface area contributed by atoms with Crippen LogP contribution in [0.4, 0.5) is 0 Å². The van der Waals surface area contributed by atoms with Crippen LogP contribution in [0.25, 0.3) is 0 Å². The van der Waals surface area contributed by atoms with Gasteiger partial charge in [0.1, 0.15) is 0 Å². The molecule has 0 aliphatic rings. The molecular formula is C14H19NO3. The summed E-state index contributed by atoms with van der Waals surface area (Å²) in [5.74, 6) is -0.985. The highest BCUT2D eigenvalue weighted by molar-refractivity contribution is 5.87. The van der Waals surface area contributed by atoms with Gasteiger partial charge < -0.3 is 10.4 Å². The van der Waals surface area contributed by atoms with Crippen LogP contribution in [-0.2, 0) is 11.3 Å². The number of hydrogen-bond acceptors (Lipinski definition) is 2. The number of benzene rings is 1. The Morgan fingerprint density at radius 1 is 1.28 bits per heavy atom. The van der Waals surface area contributed by atoms with Crippen molar-refractivity contribution < 1.29 is 14.7 Å². The molecule has 4 nitrogen and oxygen atoms in total. The molecular weight excluding hydrogens is 230 g/mol. The molecule has 0 saturated carbocycles. The van der Waals surface area contributed by atoms with Gasteiger partial charge in [-0.25, -0.2) is 4.79 Å². The van der Waals surface area contributed by atoms with Crippen LogP contribution in [0.2, 0.25) is 0 Å². The van der Waals surface area contributed by atoms with Crippen LogP contribution in [0.3, 0.4) is 0 Å². The number of carbonyl (C=O) groups excluding carboxylic acids is 1. The number of rotatable bonds is 4. The normalized spacial score (nSPS) is 11.1. The standard InChI is InChI=1S/C14H19NO3/c1-14(2,3)8-12(16)15-9-10-5-4-6-11(7-10)13(17)18/h4-7H,8-9H2,1-3H3,(H,15,16)(H,17,18). The van der Waals surface area contributed by atoms with Gasteiger partial charge in [-0.3, -0.25) is 4.79 Å². The molecule has 0 saturated heterocycles. The van der Waals surface area contributed by atoms with E-state index in [1.54, 1.807) is 18.2 Å². The molecule has 0 fully saturated rings. The lowest BCUT2D eigenvalue weighted by Gasteiger charge is -2.17. The molecule has 0 unspecified atom stereocenters. The fourth-order valence-corrected chi connectivity index (χ4v) is 1.56. The van der Waals surface area contributed by atoms with E-state index >= 15 is 0 Å². The summed E-state index contributed by atoms with van der Waals surface area (Å²) in [6.45, 7) is 6.35. The minimum Gasteiger partial charge on any atom is -0.478 e. The predicted octanol–water partition coefficient (Wildman–Crippen LogP) is 2.44. The van der Waals surface area contributed by atoms with E-state index in [1.165, 1.54) is 6.07 Å². The van der Waals surface area contributed by atoms with E-state index in [9.17, 15) is 9.59 Å². The number of amides is 1. The van der Waals surface area contributed by atoms with Crippen molar-refractivity contribution in [3.05, 3.63) is 35.4 Å². The molecule has 2 N–H and O–H groups in total. The maximum atomic E-state index is 11.6. The Kier molecular flexibility index (Phi) is 4.48. The summed E-state index contributed by atoms with van der Waals surface area (Å²) < 4.78 is 0. The summed E-state index contributed by atoms with van der Waals surface area (Å²) in [6.07, 6.45) is 0.450. The minimum atomic E-state index is -0.960. The van der Waals surface area contributed by atoms with E-state index in [4.69, 9.17) is 5.11 Å². The SMILES string of the molecule is CC(C)(C)CC(=O)NCc1cccc(C(=O)O)c1. The first-order valence-corrected chi connectivity index (χ1v) is 5.87. The average Bonchev–Trinajstić information content (AvgIpc) is 2.24. The van der Waals surface area contributed by atoms with E-state index in [1.807, 2.05) is 20.8 Å². The number of carboxylic acid groups (broad SMARTS) is 1. The summed E-state index contributed by atoms with van der Waals surface area (Å²) in [4.78, 5) is 22.4. The molecule has 98 valence electrons. The van der Waals surface area contributed by atoms with Gasteiger partial charge in [0.05, 0.1) is 5.56 Å². The Labute approximate surface area is 107 Å². The van der Waals surface area contributed by atoms with Crippen LogP contribution in [0.5, 0.6) is 0 Å². The molecule has 0 aromatic heterocycles. The lowest BCUT2D eigenvalue weighted by molar-refractivity contribution is -0.122. The Balaban J connectivity index is 2.56. The quantitative estimate of drug-likeness (QED) is 0.861.